The van der Waals surface area contributed by atoms with Gasteiger partial charge in [0.25, 0.3) is 5.91 Å². The highest BCUT2D eigenvalue weighted by molar-refractivity contribution is 9.11. The normalized spacial score (nSPS) is 19.5. The number of nitrogens with one attached hydrogen (secondary N) is 2. The summed E-state index contributed by atoms with van der Waals surface area (Å²) in [6.07, 6.45) is 4.06. The van der Waals surface area contributed by atoms with Crippen molar-refractivity contribution in [2.75, 3.05) is 0 Å². The Morgan fingerprint density at radius 3 is 2.48 bits per heavy atom. The minimum absolute atomic E-state index is 0.129. The number of benzene rings is 1. The Bertz CT molecular complexity index is 948. The van der Waals surface area contributed by atoms with Crippen molar-refractivity contribution in [2.24, 2.45) is 11.8 Å². The SMILES string of the molecule is CC(C)C[C@@H](C#N)NC(=O)[C@@H]1CCCC[C@@H]1NC(=O)c1ccc(-c2ccc(Br)s2)cc1. The average Bonchev–Trinajstić information content (AvgIpc) is 3.19. The number of nitriles is 1. The van der Waals surface area contributed by atoms with Crippen LogP contribution in [0, 0.1) is 23.2 Å². The van der Waals surface area contributed by atoms with E-state index in [1.807, 2.05) is 50.2 Å². The number of halogens is 1. The number of carbonyl (C=O) groups excluding carboxylic acids is 2. The van der Waals surface area contributed by atoms with Crippen LogP contribution in [0.5, 0.6) is 0 Å². The highest BCUT2D eigenvalue weighted by Gasteiger charge is 2.33. The van der Waals surface area contributed by atoms with Crippen LogP contribution >= 0.6 is 27.3 Å². The van der Waals surface area contributed by atoms with E-state index < -0.39 is 6.04 Å². The second-order valence-electron chi connectivity index (χ2n) is 8.47. The molecular formula is C24H28BrN3O2S. The number of amides is 2. The first kappa shape index (κ1) is 23.5. The first-order valence-electron chi connectivity index (χ1n) is 10.7. The minimum atomic E-state index is -0.490. The van der Waals surface area contributed by atoms with Crippen LogP contribution in [0.3, 0.4) is 0 Å². The second-order valence-corrected chi connectivity index (χ2v) is 10.9. The maximum absolute atomic E-state index is 12.9. The molecule has 0 bridgehead atoms. The molecular weight excluding hydrogens is 474 g/mol. The van der Waals surface area contributed by atoms with Crippen molar-refractivity contribution >= 4 is 39.1 Å². The number of carbonyl (C=O) groups is 2. The van der Waals surface area contributed by atoms with E-state index in [1.54, 1.807) is 11.3 Å². The number of nitrogens with zero attached hydrogens (tertiary/aromatic N) is 1. The molecule has 2 amide bonds. The van der Waals surface area contributed by atoms with Crippen LogP contribution in [0.4, 0.5) is 0 Å². The predicted molar refractivity (Wildman–Crippen MR) is 128 cm³/mol. The summed E-state index contributed by atoms with van der Waals surface area (Å²) < 4.78 is 1.07. The lowest BCUT2D eigenvalue weighted by molar-refractivity contribution is -0.127. The van der Waals surface area contributed by atoms with Crippen LogP contribution in [-0.4, -0.2) is 23.9 Å². The van der Waals surface area contributed by atoms with Gasteiger partial charge in [0.05, 0.1) is 15.8 Å². The number of rotatable bonds is 7. The molecule has 1 saturated carbocycles. The lowest BCUT2D eigenvalue weighted by Crippen LogP contribution is -2.50. The van der Waals surface area contributed by atoms with E-state index in [2.05, 4.69) is 32.6 Å². The van der Waals surface area contributed by atoms with Crippen LogP contribution in [0.15, 0.2) is 40.2 Å². The lowest BCUT2D eigenvalue weighted by Gasteiger charge is -2.32. The third kappa shape index (κ3) is 6.41. The van der Waals surface area contributed by atoms with Crippen molar-refractivity contribution in [2.45, 2.75) is 58.0 Å². The van der Waals surface area contributed by atoms with E-state index >= 15 is 0 Å². The highest BCUT2D eigenvalue weighted by Crippen LogP contribution is 2.31. The average molecular weight is 502 g/mol. The zero-order chi connectivity index (χ0) is 22.4. The van der Waals surface area contributed by atoms with Crippen molar-refractivity contribution in [1.82, 2.24) is 10.6 Å². The lowest BCUT2D eigenvalue weighted by atomic mass is 9.83. The molecule has 1 aromatic heterocycles. The molecule has 0 unspecified atom stereocenters. The van der Waals surface area contributed by atoms with E-state index in [4.69, 9.17) is 0 Å². The monoisotopic (exact) mass is 501 g/mol. The first-order valence-corrected chi connectivity index (χ1v) is 12.3. The third-order valence-electron chi connectivity index (χ3n) is 5.60. The summed E-state index contributed by atoms with van der Waals surface area (Å²) in [5.41, 5.74) is 1.65. The molecule has 1 aliphatic rings. The molecule has 0 aliphatic heterocycles. The van der Waals surface area contributed by atoms with Gasteiger partial charge < -0.3 is 10.6 Å². The molecule has 0 radical (unpaired) electrons. The van der Waals surface area contributed by atoms with Crippen LogP contribution in [0.1, 0.15) is 56.3 Å². The Hall–Kier alpha value is -2.17. The van der Waals surface area contributed by atoms with Gasteiger partial charge in [-0.3, -0.25) is 9.59 Å². The molecule has 164 valence electrons. The number of hydrogen-bond donors (Lipinski definition) is 2. The van der Waals surface area contributed by atoms with Crippen molar-refractivity contribution in [1.29, 1.82) is 5.26 Å². The number of hydrogen-bond acceptors (Lipinski definition) is 4. The van der Waals surface area contributed by atoms with Crippen molar-refractivity contribution in [3.05, 3.63) is 45.7 Å². The fraction of sp³-hybridized carbons (Fsp3) is 0.458. The van der Waals surface area contributed by atoms with Crippen LogP contribution in [-0.2, 0) is 4.79 Å². The van der Waals surface area contributed by atoms with E-state index in [0.717, 1.165) is 39.9 Å². The van der Waals surface area contributed by atoms with Gasteiger partial charge in [0.2, 0.25) is 5.91 Å². The van der Waals surface area contributed by atoms with Gasteiger partial charge in [-0.05, 0) is 70.9 Å². The Morgan fingerprint density at radius 2 is 1.87 bits per heavy atom. The Morgan fingerprint density at radius 1 is 1.16 bits per heavy atom. The summed E-state index contributed by atoms with van der Waals surface area (Å²) in [5, 5.41) is 15.3. The second kappa shape index (κ2) is 10.9. The summed E-state index contributed by atoms with van der Waals surface area (Å²) in [4.78, 5) is 26.9. The van der Waals surface area contributed by atoms with Gasteiger partial charge in [0.15, 0.2) is 0 Å². The highest BCUT2D eigenvalue weighted by atomic mass is 79.9. The smallest absolute Gasteiger partial charge is 0.251 e. The topological polar surface area (TPSA) is 82.0 Å². The molecule has 0 saturated heterocycles. The maximum atomic E-state index is 12.9. The Labute approximate surface area is 196 Å². The largest absolute Gasteiger partial charge is 0.349 e. The molecule has 2 N–H and O–H groups in total. The summed E-state index contributed by atoms with van der Waals surface area (Å²) in [6, 6.07) is 13.1. The van der Waals surface area contributed by atoms with Crippen molar-refractivity contribution in [3.63, 3.8) is 0 Å². The summed E-state index contributed by atoms with van der Waals surface area (Å²) in [5.74, 6) is -0.271. The third-order valence-corrected chi connectivity index (χ3v) is 7.28. The molecule has 1 aliphatic carbocycles. The van der Waals surface area contributed by atoms with E-state index in [-0.39, 0.29) is 23.8 Å². The molecule has 1 fully saturated rings. The fourth-order valence-electron chi connectivity index (χ4n) is 4.02. The molecule has 0 spiro atoms. The maximum Gasteiger partial charge on any atom is 0.251 e. The molecule has 2 aromatic rings. The van der Waals surface area contributed by atoms with Gasteiger partial charge in [-0.25, -0.2) is 0 Å². The molecule has 1 heterocycles. The minimum Gasteiger partial charge on any atom is -0.349 e. The van der Waals surface area contributed by atoms with Crippen LogP contribution in [0.2, 0.25) is 0 Å². The van der Waals surface area contributed by atoms with E-state index in [0.29, 0.717) is 17.9 Å². The zero-order valence-electron chi connectivity index (χ0n) is 17.9. The zero-order valence-corrected chi connectivity index (χ0v) is 20.3. The molecule has 5 nitrogen and oxygen atoms in total. The molecule has 3 rings (SSSR count). The van der Waals surface area contributed by atoms with Crippen LogP contribution in [0.25, 0.3) is 10.4 Å². The standard InChI is InChI=1S/C24H28BrN3O2S/c1-15(2)13-18(14-26)27-24(30)19-5-3-4-6-20(19)28-23(29)17-9-7-16(8-10-17)21-11-12-22(25)31-21/h7-12,15,18-20H,3-6,13H2,1-2H3,(H,27,30)(H,28,29)/t18-,19+,20-/m0/s1. The van der Waals surface area contributed by atoms with E-state index in [9.17, 15) is 14.9 Å². The first-order chi connectivity index (χ1) is 14.9. The molecule has 1 aromatic carbocycles. The predicted octanol–water partition coefficient (Wildman–Crippen LogP) is 5.52. The van der Waals surface area contributed by atoms with Gasteiger partial charge in [0, 0.05) is 16.5 Å². The van der Waals surface area contributed by atoms with Crippen molar-refractivity contribution in [3.8, 4) is 16.5 Å². The van der Waals surface area contributed by atoms with Gasteiger partial charge in [-0.2, -0.15) is 5.26 Å². The molecule has 31 heavy (non-hydrogen) atoms. The molecule has 3 atom stereocenters. The summed E-state index contributed by atoms with van der Waals surface area (Å²) in [6.45, 7) is 4.06. The van der Waals surface area contributed by atoms with Gasteiger partial charge in [0.1, 0.15) is 6.04 Å². The van der Waals surface area contributed by atoms with Crippen LogP contribution < -0.4 is 10.6 Å². The fourth-order valence-corrected chi connectivity index (χ4v) is 5.41. The Kier molecular flexibility index (Phi) is 8.28. The van der Waals surface area contributed by atoms with Crippen molar-refractivity contribution < 1.29 is 9.59 Å². The summed E-state index contributed by atoms with van der Waals surface area (Å²) >= 11 is 5.12. The Balaban J connectivity index is 1.64. The van der Waals surface area contributed by atoms with E-state index in [1.165, 1.54) is 0 Å². The summed E-state index contributed by atoms with van der Waals surface area (Å²) in [7, 11) is 0. The quantitative estimate of drug-likeness (QED) is 0.523. The van der Waals surface area contributed by atoms with Gasteiger partial charge in [-0.1, -0.05) is 38.8 Å². The van der Waals surface area contributed by atoms with Gasteiger partial charge >= 0.3 is 0 Å². The van der Waals surface area contributed by atoms with Gasteiger partial charge in [-0.15, -0.1) is 11.3 Å². The molecule has 7 heteroatoms. The number of thiophene rings is 1.